The van der Waals surface area contributed by atoms with Crippen LogP contribution in [0.1, 0.15) is 42.4 Å². The van der Waals surface area contributed by atoms with Crippen LogP contribution in [-0.2, 0) is 21.2 Å². The maximum atomic E-state index is 15.3. The third kappa shape index (κ3) is 7.83. The third-order valence-electron chi connectivity index (χ3n) is 8.31. The van der Waals surface area contributed by atoms with Gasteiger partial charge in [-0.25, -0.2) is 26.0 Å². The molecule has 3 atom stereocenters. The fraction of sp³-hybridized carbons (Fsp3) is 0.286. The van der Waals surface area contributed by atoms with Crippen LogP contribution in [-0.4, -0.2) is 50.9 Å². The van der Waals surface area contributed by atoms with Crippen molar-refractivity contribution in [1.29, 1.82) is 0 Å². The molecule has 0 bridgehead atoms. The molecule has 0 spiro atoms. The number of amides is 1. The molecule has 47 heavy (non-hydrogen) atoms. The smallest absolute Gasteiger partial charge is 0.247 e. The number of para-hydroxylation sites is 1. The quantitative estimate of drug-likeness (QED) is 0.181. The lowest BCUT2D eigenvalue weighted by Gasteiger charge is -2.40. The van der Waals surface area contributed by atoms with Crippen LogP contribution in [0.5, 0.6) is 5.75 Å². The monoisotopic (exact) mass is 669 g/mol. The molecule has 0 saturated carbocycles. The SMILES string of the molecule is COc1ccccc1S(=O)(=O)N1C(C)CNCC1CCc1c(F)cccc1NC(=O)CC(c1ccc(F)cc1)c1cc(F)cc(F)c1. The number of hydrogen-bond acceptors (Lipinski definition) is 5. The zero-order valence-electron chi connectivity index (χ0n) is 25.9. The van der Waals surface area contributed by atoms with Gasteiger partial charge < -0.3 is 15.4 Å². The molecule has 1 aliphatic rings. The highest BCUT2D eigenvalue weighted by Crippen LogP contribution is 2.33. The summed E-state index contributed by atoms with van der Waals surface area (Å²) in [6.07, 6.45) is 0.0472. The molecule has 0 radical (unpaired) electrons. The van der Waals surface area contributed by atoms with E-state index in [-0.39, 0.29) is 46.7 Å². The minimum Gasteiger partial charge on any atom is -0.495 e. The molecule has 1 saturated heterocycles. The molecule has 1 fully saturated rings. The van der Waals surface area contributed by atoms with Gasteiger partial charge in [0.15, 0.2) is 0 Å². The van der Waals surface area contributed by atoms with E-state index in [0.29, 0.717) is 18.7 Å². The molecule has 1 heterocycles. The second-order valence-corrected chi connectivity index (χ2v) is 13.3. The Labute approximate surface area is 271 Å². The molecule has 3 unspecified atom stereocenters. The number of ether oxygens (including phenoxy) is 1. The average molecular weight is 670 g/mol. The van der Waals surface area contributed by atoms with Crippen molar-refractivity contribution in [2.24, 2.45) is 0 Å². The largest absolute Gasteiger partial charge is 0.495 e. The van der Waals surface area contributed by atoms with Crippen LogP contribution in [0.25, 0.3) is 0 Å². The minimum atomic E-state index is -3.99. The van der Waals surface area contributed by atoms with E-state index in [9.17, 15) is 26.4 Å². The lowest BCUT2D eigenvalue weighted by Crippen LogP contribution is -2.58. The number of benzene rings is 4. The molecule has 0 aliphatic carbocycles. The van der Waals surface area contributed by atoms with Gasteiger partial charge in [-0.2, -0.15) is 4.31 Å². The summed E-state index contributed by atoms with van der Waals surface area (Å²) in [6.45, 7) is 2.55. The molecule has 12 heteroatoms. The lowest BCUT2D eigenvalue weighted by molar-refractivity contribution is -0.116. The highest BCUT2D eigenvalue weighted by atomic mass is 32.2. The zero-order chi connectivity index (χ0) is 33.7. The van der Waals surface area contributed by atoms with Gasteiger partial charge in [-0.15, -0.1) is 0 Å². The second-order valence-electron chi connectivity index (χ2n) is 11.5. The first-order chi connectivity index (χ1) is 22.5. The van der Waals surface area contributed by atoms with Gasteiger partial charge >= 0.3 is 0 Å². The number of piperazine rings is 1. The van der Waals surface area contributed by atoms with E-state index in [2.05, 4.69) is 10.6 Å². The number of methoxy groups -OCH3 is 1. The zero-order valence-corrected chi connectivity index (χ0v) is 26.7. The first-order valence-electron chi connectivity index (χ1n) is 15.1. The van der Waals surface area contributed by atoms with Gasteiger partial charge in [0, 0.05) is 54.8 Å². The first-order valence-corrected chi connectivity index (χ1v) is 16.6. The number of hydrogen-bond donors (Lipinski definition) is 2. The Morgan fingerprint density at radius 3 is 2.32 bits per heavy atom. The molecule has 1 amide bonds. The topological polar surface area (TPSA) is 87.7 Å². The van der Waals surface area contributed by atoms with Crippen molar-refractivity contribution in [3.63, 3.8) is 0 Å². The molecule has 7 nitrogen and oxygen atoms in total. The normalized spacial score (nSPS) is 17.7. The summed E-state index contributed by atoms with van der Waals surface area (Å²) < 4.78 is 91.8. The van der Waals surface area contributed by atoms with Crippen molar-refractivity contribution in [3.05, 3.63) is 125 Å². The number of nitrogens with zero attached hydrogens (tertiary/aromatic N) is 1. The summed E-state index contributed by atoms with van der Waals surface area (Å²) in [4.78, 5) is 13.5. The van der Waals surface area contributed by atoms with Crippen LogP contribution >= 0.6 is 0 Å². The van der Waals surface area contributed by atoms with Gasteiger partial charge in [0.05, 0.1) is 7.11 Å². The summed E-state index contributed by atoms with van der Waals surface area (Å²) in [7, 11) is -2.59. The Morgan fingerprint density at radius 1 is 0.915 bits per heavy atom. The molecule has 1 aliphatic heterocycles. The van der Waals surface area contributed by atoms with Crippen LogP contribution in [0.2, 0.25) is 0 Å². The van der Waals surface area contributed by atoms with Crippen LogP contribution in [0.15, 0.2) is 89.8 Å². The highest BCUT2D eigenvalue weighted by molar-refractivity contribution is 7.89. The van der Waals surface area contributed by atoms with E-state index in [1.54, 1.807) is 25.1 Å². The maximum Gasteiger partial charge on any atom is 0.247 e. The van der Waals surface area contributed by atoms with E-state index in [1.165, 1.54) is 59.9 Å². The van der Waals surface area contributed by atoms with E-state index < -0.39 is 57.2 Å². The Hall–Kier alpha value is -4.26. The van der Waals surface area contributed by atoms with Crippen LogP contribution in [0.3, 0.4) is 0 Å². The van der Waals surface area contributed by atoms with Gasteiger partial charge in [-0.05, 0) is 79.4 Å². The van der Waals surface area contributed by atoms with Crippen LogP contribution in [0, 0.1) is 23.3 Å². The Balaban J connectivity index is 1.37. The van der Waals surface area contributed by atoms with Crippen LogP contribution < -0.4 is 15.4 Å². The minimum absolute atomic E-state index is 0.0361. The van der Waals surface area contributed by atoms with Gasteiger partial charge in [0.1, 0.15) is 33.9 Å². The lowest BCUT2D eigenvalue weighted by atomic mass is 9.88. The number of anilines is 1. The van der Waals surface area contributed by atoms with Crippen molar-refractivity contribution in [1.82, 2.24) is 9.62 Å². The van der Waals surface area contributed by atoms with Gasteiger partial charge in [-0.1, -0.05) is 30.3 Å². The third-order valence-corrected chi connectivity index (χ3v) is 10.4. The summed E-state index contributed by atoms with van der Waals surface area (Å²) in [5, 5.41) is 5.99. The van der Waals surface area contributed by atoms with E-state index in [4.69, 9.17) is 4.74 Å². The van der Waals surface area contributed by atoms with Crippen molar-refractivity contribution in [2.75, 3.05) is 25.5 Å². The van der Waals surface area contributed by atoms with Gasteiger partial charge in [-0.3, -0.25) is 4.79 Å². The maximum absolute atomic E-state index is 15.3. The molecule has 4 aromatic carbocycles. The number of carbonyl (C=O) groups is 1. The fourth-order valence-corrected chi connectivity index (χ4v) is 8.14. The summed E-state index contributed by atoms with van der Waals surface area (Å²) in [5.74, 6) is -3.92. The highest BCUT2D eigenvalue weighted by Gasteiger charge is 2.39. The fourth-order valence-electron chi connectivity index (χ4n) is 6.13. The van der Waals surface area contributed by atoms with Crippen molar-refractivity contribution >= 4 is 21.6 Å². The standard InChI is InChI=1S/C35H35F4N3O4S/c1-22-20-40-21-28(42(22)47(44,45)34-9-4-3-8-33(34)46-2)14-15-29-31(39)6-5-7-32(29)41-35(43)19-30(23-10-12-25(36)13-11-23)24-16-26(37)18-27(38)17-24/h3-13,16-18,22,28,30,40H,14-15,19-21H2,1-2H3,(H,41,43). The molecule has 5 rings (SSSR count). The number of carbonyl (C=O) groups excluding carboxylic acids is 1. The molecular formula is C35H35F4N3O4S. The number of halogens is 4. The van der Waals surface area contributed by atoms with E-state index >= 15 is 4.39 Å². The Bertz CT molecular complexity index is 1820. The average Bonchev–Trinajstić information content (AvgIpc) is 3.03. The molecule has 0 aromatic heterocycles. The predicted octanol–water partition coefficient (Wildman–Crippen LogP) is 6.40. The van der Waals surface area contributed by atoms with E-state index in [1.807, 2.05) is 0 Å². The van der Waals surface area contributed by atoms with Crippen molar-refractivity contribution in [3.8, 4) is 5.75 Å². The second kappa shape index (κ2) is 14.7. The van der Waals surface area contributed by atoms with Crippen LogP contribution in [0.4, 0.5) is 23.2 Å². The first kappa shape index (κ1) is 34.1. The van der Waals surface area contributed by atoms with E-state index in [0.717, 1.165) is 18.2 Å². The molecular weight excluding hydrogens is 634 g/mol. The molecule has 2 N–H and O–H groups in total. The van der Waals surface area contributed by atoms with Crippen molar-refractivity contribution in [2.45, 2.75) is 49.1 Å². The number of nitrogens with one attached hydrogen (secondary N) is 2. The summed E-state index contributed by atoms with van der Waals surface area (Å²) in [6, 6.07) is 17.9. The summed E-state index contributed by atoms with van der Waals surface area (Å²) in [5.41, 5.74) is 1.01. The molecule has 248 valence electrons. The Morgan fingerprint density at radius 2 is 1.62 bits per heavy atom. The molecule has 4 aromatic rings. The van der Waals surface area contributed by atoms with Gasteiger partial charge in [0.25, 0.3) is 0 Å². The predicted molar refractivity (Wildman–Crippen MR) is 171 cm³/mol. The van der Waals surface area contributed by atoms with Crippen molar-refractivity contribution < 1.29 is 35.5 Å². The van der Waals surface area contributed by atoms with Gasteiger partial charge in [0.2, 0.25) is 15.9 Å². The number of sulfonamides is 1. The number of rotatable bonds is 11. The Kier molecular flexibility index (Phi) is 10.6. The summed E-state index contributed by atoms with van der Waals surface area (Å²) >= 11 is 0.